The Labute approximate surface area is 120 Å². The van der Waals surface area contributed by atoms with Crippen LogP contribution in [0.15, 0.2) is 36.7 Å². The number of benzene rings is 1. The van der Waals surface area contributed by atoms with Crippen LogP contribution < -0.4 is 10.1 Å². The third-order valence-corrected chi connectivity index (χ3v) is 3.23. The van der Waals surface area contributed by atoms with Gasteiger partial charge in [0.2, 0.25) is 0 Å². The van der Waals surface area contributed by atoms with Gasteiger partial charge in [0.15, 0.2) is 0 Å². The van der Waals surface area contributed by atoms with Crippen LogP contribution in [0, 0.1) is 0 Å². The second kappa shape index (κ2) is 7.65. The van der Waals surface area contributed by atoms with E-state index in [0.717, 1.165) is 31.7 Å². The standard InChI is InChI=1S/C15H22N4O/c1-13(12-14-4-6-15(20-2)7-5-14)16-8-3-10-19-11-9-17-18-19/h4-7,9,11,13,16H,3,8,10,12H2,1-2H3. The molecular weight excluding hydrogens is 252 g/mol. The van der Waals surface area contributed by atoms with Gasteiger partial charge in [-0.1, -0.05) is 17.3 Å². The molecular formula is C15H22N4O. The van der Waals surface area contributed by atoms with Crippen LogP contribution in [-0.4, -0.2) is 34.7 Å². The Hall–Kier alpha value is -1.88. The van der Waals surface area contributed by atoms with E-state index in [-0.39, 0.29) is 0 Å². The first kappa shape index (κ1) is 14.5. The summed E-state index contributed by atoms with van der Waals surface area (Å²) < 4.78 is 7.02. The summed E-state index contributed by atoms with van der Waals surface area (Å²) >= 11 is 0. The van der Waals surface area contributed by atoms with Gasteiger partial charge in [0.05, 0.1) is 13.3 Å². The van der Waals surface area contributed by atoms with Crippen LogP contribution in [0.4, 0.5) is 0 Å². The molecule has 1 N–H and O–H groups in total. The number of nitrogens with one attached hydrogen (secondary N) is 1. The summed E-state index contributed by atoms with van der Waals surface area (Å²) in [6.07, 6.45) is 5.67. The van der Waals surface area contributed by atoms with E-state index in [1.54, 1.807) is 13.3 Å². The Morgan fingerprint density at radius 2 is 2.10 bits per heavy atom. The first-order valence-corrected chi connectivity index (χ1v) is 6.98. The minimum Gasteiger partial charge on any atom is -0.497 e. The quantitative estimate of drug-likeness (QED) is 0.747. The van der Waals surface area contributed by atoms with Gasteiger partial charge in [0.25, 0.3) is 0 Å². The van der Waals surface area contributed by atoms with Crippen molar-refractivity contribution in [3.63, 3.8) is 0 Å². The van der Waals surface area contributed by atoms with E-state index < -0.39 is 0 Å². The molecule has 1 atom stereocenters. The molecule has 0 fully saturated rings. The molecule has 2 aromatic rings. The zero-order chi connectivity index (χ0) is 14.2. The van der Waals surface area contributed by atoms with Crippen LogP contribution in [0.25, 0.3) is 0 Å². The van der Waals surface area contributed by atoms with Crippen molar-refractivity contribution < 1.29 is 4.74 Å². The van der Waals surface area contributed by atoms with Crippen LogP contribution >= 0.6 is 0 Å². The number of aryl methyl sites for hydroxylation is 1. The monoisotopic (exact) mass is 274 g/mol. The average molecular weight is 274 g/mol. The highest BCUT2D eigenvalue weighted by atomic mass is 16.5. The highest BCUT2D eigenvalue weighted by Crippen LogP contribution is 2.12. The van der Waals surface area contributed by atoms with Crippen molar-refractivity contribution in [2.45, 2.75) is 32.4 Å². The number of nitrogens with zero attached hydrogens (tertiary/aromatic N) is 3. The average Bonchev–Trinajstić information content (AvgIpc) is 2.98. The fraction of sp³-hybridized carbons (Fsp3) is 0.467. The van der Waals surface area contributed by atoms with Crippen LogP contribution in [0.3, 0.4) is 0 Å². The molecule has 0 aliphatic rings. The summed E-state index contributed by atoms with van der Waals surface area (Å²) in [6.45, 7) is 4.10. The fourth-order valence-corrected chi connectivity index (χ4v) is 2.13. The van der Waals surface area contributed by atoms with E-state index in [9.17, 15) is 0 Å². The van der Waals surface area contributed by atoms with Crippen LogP contribution in [-0.2, 0) is 13.0 Å². The predicted molar refractivity (Wildman–Crippen MR) is 78.8 cm³/mol. The highest BCUT2D eigenvalue weighted by Gasteiger charge is 2.03. The maximum absolute atomic E-state index is 5.16. The molecule has 0 spiro atoms. The second-order valence-electron chi connectivity index (χ2n) is 4.93. The second-order valence-corrected chi connectivity index (χ2v) is 4.93. The van der Waals surface area contributed by atoms with Crippen LogP contribution in [0.1, 0.15) is 18.9 Å². The number of aromatic nitrogens is 3. The topological polar surface area (TPSA) is 52.0 Å². The summed E-state index contributed by atoms with van der Waals surface area (Å²) in [4.78, 5) is 0. The predicted octanol–water partition coefficient (Wildman–Crippen LogP) is 1.90. The maximum Gasteiger partial charge on any atom is 0.118 e. The smallest absolute Gasteiger partial charge is 0.118 e. The largest absolute Gasteiger partial charge is 0.497 e. The lowest BCUT2D eigenvalue weighted by molar-refractivity contribution is 0.414. The molecule has 0 amide bonds. The van der Waals surface area contributed by atoms with Gasteiger partial charge in [0, 0.05) is 18.8 Å². The fourth-order valence-electron chi connectivity index (χ4n) is 2.13. The lowest BCUT2D eigenvalue weighted by Gasteiger charge is -2.14. The van der Waals surface area contributed by atoms with Crippen molar-refractivity contribution in [2.24, 2.45) is 0 Å². The van der Waals surface area contributed by atoms with Crippen molar-refractivity contribution in [2.75, 3.05) is 13.7 Å². The van der Waals surface area contributed by atoms with E-state index in [4.69, 9.17) is 4.74 Å². The molecule has 0 aliphatic heterocycles. The summed E-state index contributed by atoms with van der Waals surface area (Å²) in [6, 6.07) is 8.71. The van der Waals surface area contributed by atoms with E-state index in [2.05, 4.69) is 34.7 Å². The molecule has 2 rings (SSSR count). The lowest BCUT2D eigenvalue weighted by Crippen LogP contribution is -2.29. The highest BCUT2D eigenvalue weighted by molar-refractivity contribution is 5.27. The van der Waals surface area contributed by atoms with Gasteiger partial charge >= 0.3 is 0 Å². The van der Waals surface area contributed by atoms with E-state index in [0.29, 0.717) is 6.04 Å². The zero-order valence-electron chi connectivity index (χ0n) is 12.1. The minimum absolute atomic E-state index is 0.458. The summed E-state index contributed by atoms with van der Waals surface area (Å²) in [7, 11) is 1.69. The molecule has 20 heavy (non-hydrogen) atoms. The van der Waals surface area contributed by atoms with Crippen molar-refractivity contribution in [3.05, 3.63) is 42.2 Å². The summed E-state index contributed by atoms with van der Waals surface area (Å²) in [5.74, 6) is 0.905. The zero-order valence-corrected chi connectivity index (χ0v) is 12.1. The van der Waals surface area contributed by atoms with Crippen molar-refractivity contribution in [3.8, 4) is 5.75 Å². The Morgan fingerprint density at radius 3 is 2.75 bits per heavy atom. The number of hydrogen-bond acceptors (Lipinski definition) is 4. The number of hydrogen-bond donors (Lipinski definition) is 1. The van der Waals surface area contributed by atoms with Crippen LogP contribution in [0.5, 0.6) is 5.75 Å². The molecule has 0 saturated heterocycles. The first-order valence-electron chi connectivity index (χ1n) is 6.98. The molecule has 5 nitrogen and oxygen atoms in total. The van der Waals surface area contributed by atoms with Crippen molar-refractivity contribution >= 4 is 0 Å². The van der Waals surface area contributed by atoms with Gasteiger partial charge in [-0.2, -0.15) is 0 Å². The molecule has 0 saturated carbocycles. The molecule has 0 bridgehead atoms. The SMILES string of the molecule is COc1ccc(CC(C)NCCCn2ccnn2)cc1. The molecule has 1 aromatic carbocycles. The molecule has 1 heterocycles. The summed E-state index contributed by atoms with van der Waals surface area (Å²) in [5, 5.41) is 11.3. The first-order chi connectivity index (χ1) is 9.78. The van der Waals surface area contributed by atoms with Crippen molar-refractivity contribution in [1.82, 2.24) is 20.3 Å². The Morgan fingerprint density at radius 1 is 1.30 bits per heavy atom. The van der Waals surface area contributed by atoms with Gasteiger partial charge < -0.3 is 10.1 Å². The van der Waals surface area contributed by atoms with Crippen LogP contribution in [0.2, 0.25) is 0 Å². The van der Waals surface area contributed by atoms with Gasteiger partial charge in [0.1, 0.15) is 5.75 Å². The Bertz CT molecular complexity index is 481. The van der Waals surface area contributed by atoms with Gasteiger partial charge in [-0.25, -0.2) is 0 Å². The molecule has 5 heteroatoms. The number of ether oxygens (including phenoxy) is 1. The Balaban J connectivity index is 1.65. The van der Waals surface area contributed by atoms with E-state index >= 15 is 0 Å². The van der Waals surface area contributed by atoms with E-state index in [1.807, 2.05) is 23.0 Å². The molecule has 108 valence electrons. The molecule has 0 radical (unpaired) electrons. The van der Waals surface area contributed by atoms with Gasteiger partial charge in [-0.05, 0) is 44.0 Å². The third kappa shape index (κ3) is 4.66. The lowest BCUT2D eigenvalue weighted by atomic mass is 10.1. The summed E-state index contributed by atoms with van der Waals surface area (Å²) in [5.41, 5.74) is 1.32. The van der Waals surface area contributed by atoms with Crippen molar-refractivity contribution in [1.29, 1.82) is 0 Å². The van der Waals surface area contributed by atoms with Gasteiger partial charge in [-0.15, -0.1) is 5.10 Å². The molecule has 0 aliphatic carbocycles. The van der Waals surface area contributed by atoms with E-state index in [1.165, 1.54) is 5.56 Å². The third-order valence-electron chi connectivity index (χ3n) is 3.23. The normalized spacial score (nSPS) is 12.3. The maximum atomic E-state index is 5.16. The van der Waals surface area contributed by atoms with Gasteiger partial charge in [-0.3, -0.25) is 4.68 Å². The number of methoxy groups -OCH3 is 1. The Kier molecular flexibility index (Phi) is 5.55. The number of rotatable bonds is 8. The molecule has 1 aromatic heterocycles. The molecule has 1 unspecified atom stereocenters. The minimum atomic E-state index is 0.458.